The van der Waals surface area contributed by atoms with Crippen LogP contribution in [0.15, 0.2) is 24.3 Å². The quantitative estimate of drug-likeness (QED) is 0.272. The second-order valence-corrected chi connectivity index (χ2v) is 10.9. The second kappa shape index (κ2) is 6.33. The van der Waals surface area contributed by atoms with Gasteiger partial charge in [-0.05, 0) is 12.1 Å². The molecule has 0 aliphatic carbocycles. The maximum atomic E-state index is 11.4. The molecule has 0 unspecified atom stereocenters. The van der Waals surface area contributed by atoms with Crippen molar-refractivity contribution >= 4 is 19.9 Å². The highest BCUT2D eigenvalue weighted by Crippen LogP contribution is 2.26. The first-order valence-corrected chi connectivity index (χ1v) is 9.58. The summed E-state index contributed by atoms with van der Waals surface area (Å²) in [6, 6.07) is 6.50. The van der Waals surface area contributed by atoms with Crippen molar-refractivity contribution in [1.82, 2.24) is 0 Å². The molecule has 1 aromatic carbocycles. The summed E-state index contributed by atoms with van der Waals surface area (Å²) in [6.07, 6.45) is -0.910. The van der Waals surface area contributed by atoms with Crippen LogP contribution in [0.25, 0.3) is 0 Å². The minimum Gasteiger partial charge on any atom is -0.434 e. The first-order valence-electron chi connectivity index (χ1n) is 5.87. The van der Waals surface area contributed by atoms with Gasteiger partial charge in [-0.3, -0.25) is 10.1 Å². The van der Waals surface area contributed by atoms with Crippen LogP contribution >= 0.6 is 0 Å². The Morgan fingerprint density at radius 1 is 1.32 bits per heavy atom. The molecule has 0 aliphatic rings. The van der Waals surface area contributed by atoms with E-state index in [9.17, 15) is 14.9 Å². The highest BCUT2D eigenvalue weighted by atomic mass is 28.3. The number of carbonyl (C=O) groups excluding carboxylic acids is 1. The van der Waals surface area contributed by atoms with Gasteiger partial charge in [0.05, 0.1) is 11.5 Å². The molecular weight excluding hydrogens is 266 g/mol. The fraction of sp³-hybridized carbons (Fsp3) is 0.417. The van der Waals surface area contributed by atoms with E-state index in [0.717, 1.165) is 6.04 Å². The van der Waals surface area contributed by atoms with E-state index < -0.39 is 19.2 Å². The molecule has 104 valence electrons. The number of carbonyl (C=O) groups is 1. The van der Waals surface area contributed by atoms with Crippen LogP contribution < -0.4 is 4.74 Å². The van der Waals surface area contributed by atoms with Gasteiger partial charge in [0.1, 0.15) is 0 Å². The molecule has 0 aliphatic heterocycles. The van der Waals surface area contributed by atoms with Gasteiger partial charge in [-0.1, -0.05) is 31.8 Å². The Kier molecular flexibility index (Phi) is 5.05. The minimum absolute atomic E-state index is 0.106. The third kappa shape index (κ3) is 5.52. The van der Waals surface area contributed by atoms with E-state index >= 15 is 0 Å². The van der Waals surface area contributed by atoms with E-state index in [4.69, 9.17) is 9.47 Å². The van der Waals surface area contributed by atoms with Gasteiger partial charge in [-0.2, -0.15) is 0 Å². The van der Waals surface area contributed by atoms with Gasteiger partial charge < -0.3 is 9.47 Å². The highest BCUT2D eigenvalue weighted by Gasteiger charge is 2.19. The maximum absolute atomic E-state index is 11.4. The van der Waals surface area contributed by atoms with Gasteiger partial charge in [-0.25, -0.2) is 4.79 Å². The zero-order valence-corrected chi connectivity index (χ0v) is 12.2. The lowest BCUT2D eigenvalue weighted by atomic mass is 10.3. The van der Waals surface area contributed by atoms with Gasteiger partial charge in [0.2, 0.25) is 5.75 Å². The summed E-state index contributed by atoms with van der Waals surface area (Å²) >= 11 is 0. The van der Waals surface area contributed by atoms with Crippen molar-refractivity contribution < 1.29 is 19.2 Å². The molecule has 19 heavy (non-hydrogen) atoms. The van der Waals surface area contributed by atoms with E-state index in [2.05, 4.69) is 19.6 Å². The molecule has 0 N–H and O–H groups in total. The smallest absolute Gasteiger partial charge is 0.434 e. The second-order valence-electron chi connectivity index (χ2n) is 5.24. The Balaban J connectivity index is 2.56. The van der Waals surface area contributed by atoms with Crippen molar-refractivity contribution in [3.05, 3.63) is 34.4 Å². The Morgan fingerprint density at radius 3 is 2.53 bits per heavy atom. The van der Waals surface area contributed by atoms with Crippen LogP contribution in [0.4, 0.5) is 10.5 Å². The van der Waals surface area contributed by atoms with Crippen LogP contribution in [0, 0.1) is 10.1 Å². The molecule has 0 aromatic heterocycles. The molecule has 0 bridgehead atoms. The van der Waals surface area contributed by atoms with Crippen molar-refractivity contribution in [3.63, 3.8) is 0 Å². The lowest BCUT2D eigenvalue weighted by Gasteiger charge is -2.14. The summed E-state index contributed by atoms with van der Waals surface area (Å²) in [6.45, 7) is 6.74. The normalized spacial score (nSPS) is 10.9. The van der Waals surface area contributed by atoms with E-state index in [1.807, 2.05) is 0 Å². The lowest BCUT2D eigenvalue weighted by Crippen LogP contribution is -2.23. The Labute approximate surface area is 112 Å². The molecular formula is C12H17NO5Si. The predicted molar refractivity (Wildman–Crippen MR) is 73.2 cm³/mol. The molecule has 0 spiro atoms. The Morgan fingerprint density at radius 2 is 1.95 bits per heavy atom. The topological polar surface area (TPSA) is 78.7 Å². The van der Waals surface area contributed by atoms with Crippen LogP contribution in [0.5, 0.6) is 5.75 Å². The fourth-order valence-electron chi connectivity index (χ4n) is 1.25. The minimum atomic E-state index is -1.29. The van der Waals surface area contributed by atoms with Gasteiger partial charge in [-0.15, -0.1) is 0 Å². The Bertz CT molecular complexity index is 469. The third-order valence-corrected chi connectivity index (χ3v) is 4.03. The highest BCUT2D eigenvalue weighted by molar-refractivity contribution is 6.76. The van der Waals surface area contributed by atoms with Crippen LogP contribution in [0.2, 0.25) is 25.7 Å². The van der Waals surface area contributed by atoms with Crippen LogP contribution in [0.3, 0.4) is 0 Å². The number of ether oxygens (including phenoxy) is 2. The summed E-state index contributed by atoms with van der Waals surface area (Å²) in [5, 5.41) is 10.7. The molecule has 0 atom stereocenters. The van der Waals surface area contributed by atoms with Crippen molar-refractivity contribution in [2.45, 2.75) is 25.7 Å². The van der Waals surface area contributed by atoms with Crippen molar-refractivity contribution in [1.29, 1.82) is 0 Å². The summed E-state index contributed by atoms with van der Waals surface area (Å²) in [5.74, 6) is -0.106. The largest absolute Gasteiger partial charge is 0.514 e. The van der Waals surface area contributed by atoms with Gasteiger partial charge >= 0.3 is 11.8 Å². The standard InChI is InChI=1S/C12H17NO5Si/c1-19(2,3)9-8-17-12(14)18-11-7-5-4-6-10(11)13(15)16/h4-7H,8-9H2,1-3H3. The third-order valence-electron chi connectivity index (χ3n) is 2.33. The van der Waals surface area contributed by atoms with Crippen molar-refractivity contribution in [2.24, 2.45) is 0 Å². The average Bonchev–Trinajstić information content (AvgIpc) is 2.27. The molecule has 0 radical (unpaired) electrons. The molecule has 0 saturated heterocycles. The summed E-state index contributed by atoms with van der Waals surface area (Å²) in [7, 11) is -1.29. The fourth-order valence-corrected chi connectivity index (χ4v) is 1.97. The Hall–Kier alpha value is -1.89. The van der Waals surface area contributed by atoms with Gasteiger partial charge in [0.15, 0.2) is 0 Å². The molecule has 7 heteroatoms. The SMILES string of the molecule is C[Si](C)(C)CCOC(=O)Oc1ccccc1[N+](=O)[O-]. The molecule has 6 nitrogen and oxygen atoms in total. The maximum Gasteiger partial charge on any atom is 0.514 e. The number of nitrogens with zero attached hydrogens (tertiary/aromatic N) is 1. The number of nitro groups is 1. The van der Waals surface area contributed by atoms with E-state index in [1.165, 1.54) is 18.2 Å². The molecule has 0 saturated carbocycles. The summed E-state index contributed by atoms with van der Waals surface area (Å²) < 4.78 is 9.74. The monoisotopic (exact) mass is 283 g/mol. The molecule has 0 amide bonds. The van der Waals surface area contributed by atoms with Crippen LogP contribution in [0.1, 0.15) is 0 Å². The van der Waals surface area contributed by atoms with Crippen molar-refractivity contribution in [2.75, 3.05) is 6.61 Å². The number of para-hydroxylation sites is 2. The number of hydrogen-bond donors (Lipinski definition) is 0. The molecule has 0 heterocycles. The van der Waals surface area contributed by atoms with Crippen LogP contribution in [-0.4, -0.2) is 25.8 Å². The number of hydrogen-bond acceptors (Lipinski definition) is 5. The van der Waals surface area contributed by atoms with E-state index in [-0.39, 0.29) is 18.0 Å². The summed E-state index contributed by atoms with van der Waals surface area (Å²) in [5.41, 5.74) is -0.260. The van der Waals surface area contributed by atoms with Crippen molar-refractivity contribution in [3.8, 4) is 5.75 Å². The zero-order valence-electron chi connectivity index (χ0n) is 11.2. The predicted octanol–water partition coefficient (Wildman–Crippen LogP) is 3.45. The zero-order chi connectivity index (χ0) is 14.5. The number of benzene rings is 1. The first kappa shape index (κ1) is 15.2. The summed E-state index contributed by atoms with van der Waals surface area (Å²) in [4.78, 5) is 21.5. The number of rotatable bonds is 5. The average molecular weight is 283 g/mol. The van der Waals surface area contributed by atoms with Gasteiger partial charge in [0, 0.05) is 14.1 Å². The van der Waals surface area contributed by atoms with Crippen LogP contribution in [-0.2, 0) is 4.74 Å². The van der Waals surface area contributed by atoms with Gasteiger partial charge in [0.25, 0.3) is 0 Å². The molecule has 1 rings (SSSR count). The van der Waals surface area contributed by atoms with E-state index in [1.54, 1.807) is 6.07 Å². The molecule has 0 fully saturated rings. The van der Waals surface area contributed by atoms with E-state index in [0.29, 0.717) is 0 Å². The number of nitro benzene ring substituents is 1. The lowest BCUT2D eigenvalue weighted by molar-refractivity contribution is -0.385. The first-order chi connectivity index (χ1) is 8.79. The molecule has 1 aromatic rings.